The molecule has 2 heterocycles. The maximum absolute atomic E-state index is 14.5. The summed E-state index contributed by atoms with van der Waals surface area (Å²) < 4.78 is 63.0. The predicted octanol–water partition coefficient (Wildman–Crippen LogP) is 9.69. The van der Waals surface area contributed by atoms with Crippen LogP contribution in [0, 0.1) is 0 Å². The van der Waals surface area contributed by atoms with E-state index in [9.17, 15) is 33.6 Å². The average molecular weight is 1150 g/mol. The fourth-order valence-electron chi connectivity index (χ4n) is 8.56. The normalized spacial score (nSPS) is 22.1. The highest BCUT2D eigenvalue weighted by atomic mass is 79.9. The molecule has 410 valence electrons. The van der Waals surface area contributed by atoms with Crippen LogP contribution in [0.4, 0.5) is 0 Å². The van der Waals surface area contributed by atoms with Crippen molar-refractivity contribution in [2.45, 2.75) is 67.6 Å². The number of ether oxygens (including phenoxy) is 10. The van der Waals surface area contributed by atoms with Gasteiger partial charge in [-0.2, -0.15) is 0 Å². The Morgan fingerprint density at radius 1 is 0.312 bits per heavy atom. The summed E-state index contributed by atoms with van der Waals surface area (Å²) in [6.07, 6.45) is -15.7. The largest absolute Gasteiger partial charge is 0.459 e. The van der Waals surface area contributed by atoms with Crippen molar-refractivity contribution in [3.05, 3.63) is 251 Å². The SMILES string of the molecule is C.O=C(OCC1O[C@H](Br)C(OC(=O)c2ccccc2)C(OC(=O)c2ccccc2)[C@@H]1O[C@@H]1OC(COC(=O)c2ccccc2)[C@H](OC(=O)c2ccccc2)[C@H](OC(=O)c2ccccc2)C1OC(=O)c1ccccc1)c1ccccc1. The molecule has 80 heavy (non-hydrogen) atoms. The van der Waals surface area contributed by atoms with E-state index in [0.717, 1.165) is 0 Å². The van der Waals surface area contributed by atoms with Crippen molar-refractivity contribution in [1.82, 2.24) is 0 Å². The molecule has 0 spiro atoms. The molecule has 10 atom stereocenters. The lowest BCUT2D eigenvalue weighted by atomic mass is 9.96. The highest BCUT2D eigenvalue weighted by molar-refractivity contribution is 9.09. The summed E-state index contributed by atoms with van der Waals surface area (Å²) in [6.45, 7) is -1.34. The third kappa shape index (κ3) is 14.5. The topological polar surface area (TPSA) is 212 Å². The molecule has 0 N–H and O–H groups in total. The van der Waals surface area contributed by atoms with E-state index < -0.39 is 115 Å². The summed E-state index contributed by atoms with van der Waals surface area (Å²) in [5.41, 5.74) is 0.594. The van der Waals surface area contributed by atoms with Crippen LogP contribution in [0.3, 0.4) is 0 Å². The van der Waals surface area contributed by atoms with E-state index in [2.05, 4.69) is 15.9 Å². The predicted molar refractivity (Wildman–Crippen MR) is 290 cm³/mol. The van der Waals surface area contributed by atoms with E-state index in [1.54, 1.807) is 127 Å². The van der Waals surface area contributed by atoms with Crippen LogP contribution >= 0.6 is 15.9 Å². The molecule has 0 amide bonds. The number of halogens is 1. The lowest BCUT2D eigenvalue weighted by Gasteiger charge is -2.48. The van der Waals surface area contributed by atoms with Crippen molar-refractivity contribution >= 4 is 57.7 Å². The fraction of sp³-hybridized carbons (Fsp3) is 0.210. The smallest absolute Gasteiger partial charge is 0.338 e. The van der Waals surface area contributed by atoms with Gasteiger partial charge >= 0.3 is 41.8 Å². The Morgan fingerprint density at radius 2 is 0.562 bits per heavy atom. The van der Waals surface area contributed by atoms with Gasteiger partial charge < -0.3 is 47.4 Å². The van der Waals surface area contributed by atoms with Gasteiger partial charge in [-0.15, -0.1) is 0 Å². The first-order chi connectivity index (χ1) is 38.5. The van der Waals surface area contributed by atoms with Crippen LogP contribution in [0.15, 0.2) is 212 Å². The third-order valence-electron chi connectivity index (χ3n) is 12.5. The van der Waals surface area contributed by atoms with Crippen molar-refractivity contribution in [2.75, 3.05) is 13.2 Å². The number of hydrogen-bond acceptors (Lipinski definition) is 17. The standard InChI is InChI=1S/C61H49BrO17.CH4/c62-53-51(77-59(68)43-32-18-6-19-33-43)49(75-57(66)41-28-14-4-15-29-41)48(45(72-53)36-70-54(63)38-22-8-1-9-23-38)79-61-52(78-60(69)44-34-20-7-21-35-44)50(76-58(67)42-30-16-5-17-31-42)47(74-56(65)40-26-12-3-13-27-40)46(73-61)37-71-55(64)39-24-10-2-11-25-39;/h1-35,45-53,61H,36-37H2;1H4/t45?,46?,47-,48+,49?,50-,51?,52?,53-,61-;/m0./s1. The minimum Gasteiger partial charge on any atom is -0.459 e. The van der Waals surface area contributed by atoms with Gasteiger partial charge in [-0.3, -0.25) is 0 Å². The third-order valence-corrected chi connectivity index (χ3v) is 13.2. The Morgan fingerprint density at radius 3 is 0.887 bits per heavy atom. The molecule has 17 nitrogen and oxygen atoms in total. The Bertz CT molecular complexity index is 3180. The van der Waals surface area contributed by atoms with E-state index >= 15 is 0 Å². The molecule has 0 bridgehead atoms. The number of carbonyl (C=O) groups excluding carboxylic acids is 7. The van der Waals surface area contributed by atoms with E-state index in [1.165, 1.54) is 84.9 Å². The summed E-state index contributed by atoms with van der Waals surface area (Å²) in [4.78, 5) is 98.9. The molecule has 9 rings (SSSR count). The van der Waals surface area contributed by atoms with Gasteiger partial charge in [0.2, 0.25) is 0 Å². The molecule has 7 aromatic rings. The van der Waals surface area contributed by atoms with Crippen LogP contribution in [-0.2, 0) is 47.4 Å². The van der Waals surface area contributed by atoms with E-state index in [-0.39, 0.29) is 46.4 Å². The first-order valence-electron chi connectivity index (χ1n) is 24.9. The Balaban J connectivity index is 0.00000841. The van der Waals surface area contributed by atoms with Gasteiger partial charge in [-0.25, -0.2) is 33.6 Å². The first-order valence-corrected chi connectivity index (χ1v) is 25.8. The molecule has 2 aliphatic heterocycles. The van der Waals surface area contributed by atoms with Crippen LogP contribution in [-0.4, -0.2) is 115 Å². The zero-order valence-electron chi connectivity index (χ0n) is 41.7. The molecule has 0 aromatic heterocycles. The molecule has 0 radical (unpaired) electrons. The minimum absolute atomic E-state index is 0. The van der Waals surface area contributed by atoms with Gasteiger partial charge in [0.1, 0.15) is 31.5 Å². The highest BCUT2D eigenvalue weighted by Gasteiger charge is 2.58. The van der Waals surface area contributed by atoms with Gasteiger partial charge in [0.25, 0.3) is 0 Å². The summed E-state index contributed by atoms with van der Waals surface area (Å²) >= 11 is 3.49. The summed E-state index contributed by atoms with van der Waals surface area (Å²) in [5.74, 6) is -6.33. The maximum Gasteiger partial charge on any atom is 0.338 e. The van der Waals surface area contributed by atoms with Crippen molar-refractivity contribution < 1.29 is 80.9 Å². The van der Waals surface area contributed by atoms with Gasteiger partial charge in [0, 0.05) is 0 Å². The van der Waals surface area contributed by atoms with Crippen molar-refractivity contribution in [3.8, 4) is 0 Å². The number of esters is 7. The van der Waals surface area contributed by atoms with Crippen LogP contribution < -0.4 is 0 Å². The van der Waals surface area contributed by atoms with Crippen molar-refractivity contribution in [1.29, 1.82) is 0 Å². The Hall–Kier alpha value is -8.81. The fourth-order valence-corrected chi connectivity index (χ4v) is 9.25. The van der Waals surface area contributed by atoms with Crippen molar-refractivity contribution in [3.63, 3.8) is 0 Å². The van der Waals surface area contributed by atoms with Gasteiger partial charge in [-0.1, -0.05) is 151 Å². The molecule has 0 aliphatic carbocycles. The van der Waals surface area contributed by atoms with Gasteiger partial charge in [0.05, 0.1) is 38.9 Å². The monoisotopic (exact) mass is 1150 g/mol. The molecule has 18 heteroatoms. The summed E-state index contributed by atoms with van der Waals surface area (Å²) in [7, 11) is 0. The lowest BCUT2D eigenvalue weighted by molar-refractivity contribution is -0.334. The second kappa shape index (κ2) is 27.7. The van der Waals surface area contributed by atoms with E-state index in [1.807, 2.05) is 0 Å². The highest BCUT2D eigenvalue weighted by Crippen LogP contribution is 2.38. The molecule has 0 saturated carbocycles. The maximum atomic E-state index is 14.5. The second-order valence-electron chi connectivity index (χ2n) is 17.8. The number of benzene rings is 7. The molecule has 7 aromatic carbocycles. The number of rotatable bonds is 18. The molecule has 5 unspecified atom stereocenters. The molecule has 2 aliphatic rings. The average Bonchev–Trinajstić information content (AvgIpc) is 3.60. The van der Waals surface area contributed by atoms with E-state index in [4.69, 9.17) is 47.4 Å². The summed E-state index contributed by atoms with van der Waals surface area (Å²) in [5, 5.41) is -1.31. The van der Waals surface area contributed by atoms with Crippen molar-refractivity contribution in [2.24, 2.45) is 0 Å². The lowest BCUT2D eigenvalue weighted by Crippen LogP contribution is -2.66. The number of carbonyl (C=O) groups is 7. The van der Waals surface area contributed by atoms with Crippen LogP contribution in [0.5, 0.6) is 0 Å². The minimum atomic E-state index is -2.01. The first kappa shape index (κ1) is 57.4. The van der Waals surface area contributed by atoms with Gasteiger partial charge in [-0.05, 0) is 84.9 Å². The van der Waals surface area contributed by atoms with Crippen LogP contribution in [0.25, 0.3) is 0 Å². The summed E-state index contributed by atoms with van der Waals surface area (Å²) in [6, 6.07) is 55.1. The molecule has 2 saturated heterocycles. The van der Waals surface area contributed by atoms with Gasteiger partial charge in [0.15, 0.2) is 41.8 Å². The zero-order chi connectivity index (χ0) is 55.1. The Kier molecular flexibility index (Phi) is 19.8. The number of hydrogen-bond donors (Lipinski definition) is 0. The quantitative estimate of drug-likeness (QED) is 0.0444. The molecule has 2 fully saturated rings. The molecular weight excluding hydrogens is 1100 g/mol. The second-order valence-corrected chi connectivity index (χ2v) is 18.7. The van der Waals surface area contributed by atoms with Crippen LogP contribution in [0.2, 0.25) is 0 Å². The number of alkyl halides is 1. The van der Waals surface area contributed by atoms with Crippen LogP contribution in [0.1, 0.15) is 79.9 Å². The zero-order valence-corrected chi connectivity index (χ0v) is 43.3. The van der Waals surface area contributed by atoms with E-state index in [0.29, 0.717) is 0 Å². The Labute approximate surface area is 468 Å². The molecular formula is C62H53BrO17.